The number of hydrogen-bond donors (Lipinski definition) is 1. The molecule has 0 saturated heterocycles. The minimum atomic E-state index is 0.611. The molecular weight excluding hydrogens is 114 g/mol. The minimum Gasteiger partial charge on any atom is -0.297 e. The molecule has 0 radical (unpaired) electrons. The first-order chi connectivity index (χ1) is 4.27. The van der Waals surface area contributed by atoms with Gasteiger partial charge in [-0.05, 0) is 13.3 Å². The maximum Gasteiger partial charge on any atom is 0.0887 e. The van der Waals surface area contributed by atoms with Crippen molar-refractivity contribution in [2.24, 2.45) is 0 Å². The molecule has 0 unspecified atom stereocenters. The lowest BCUT2D eigenvalue weighted by Gasteiger charge is -2.02. The molecule has 0 bridgehead atoms. The molecule has 2 nitrogen and oxygen atoms in total. The van der Waals surface area contributed by atoms with Gasteiger partial charge < -0.3 is 0 Å². The van der Waals surface area contributed by atoms with Crippen molar-refractivity contribution in [2.75, 3.05) is 13.2 Å². The third-order valence-electron chi connectivity index (χ3n) is 0.773. The van der Waals surface area contributed by atoms with Crippen LogP contribution in [0, 0.1) is 0 Å². The van der Waals surface area contributed by atoms with Gasteiger partial charge in [-0.2, -0.15) is 0 Å². The predicted molar refractivity (Wildman–Crippen MR) is 39.1 cm³/mol. The van der Waals surface area contributed by atoms with Crippen LogP contribution >= 0.6 is 0 Å². The van der Waals surface area contributed by atoms with E-state index in [2.05, 4.69) is 19.0 Å². The Hall–Kier alpha value is -0.340. The van der Waals surface area contributed by atoms with Crippen LogP contribution in [0.1, 0.15) is 20.3 Å². The van der Waals surface area contributed by atoms with Gasteiger partial charge in [0.25, 0.3) is 0 Å². The Kier molecular flexibility index (Phi) is 5.57. The van der Waals surface area contributed by atoms with E-state index >= 15 is 0 Å². The van der Waals surface area contributed by atoms with Crippen molar-refractivity contribution in [1.29, 1.82) is 0 Å². The summed E-state index contributed by atoms with van der Waals surface area (Å²) >= 11 is 0. The lowest BCUT2D eigenvalue weighted by molar-refractivity contribution is 0.0583. The summed E-state index contributed by atoms with van der Waals surface area (Å²) in [5, 5.41) is 0. The van der Waals surface area contributed by atoms with Crippen molar-refractivity contribution in [3.63, 3.8) is 0 Å². The summed E-state index contributed by atoms with van der Waals surface area (Å²) in [7, 11) is 0. The van der Waals surface area contributed by atoms with Crippen LogP contribution in [0.5, 0.6) is 0 Å². The fraction of sp³-hybridized carbons (Fsp3) is 0.714. The Bertz CT molecular complexity index is 81.0. The highest BCUT2D eigenvalue weighted by Crippen LogP contribution is 1.84. The molecule has 0 fully saturated rings. The highest BCUT2D eigenvalue weighted by Gasteiger charge is 1.84. The van der Waals surface area contributed by atoms with Crippen LogP contribution in [0.15, 0.2) is 12.2 Å². The van der Waals surface area contributed by atoms with Gasteiger partial charge >= 0.3 is 0 Å². The highest BCUT2D eigenvalue weighted by molar-refractivity contribution is 4.86. The Morgan fingerprint density at radius 2 is 2.33 bits per heavy atom. The number of hydrogen-bond acceptors (Lipinski definition) is 2. The summed E-state index contributed by atoms with van der Waals surface area (Å²) in [5.41, 5.74) is 3.85. The van der Waals surface area contributed by atoms with Gasteiger partial charge in [-0.3, -0.25) is 4.84 Å². The van der Waals surface area contributed by atoms with Gasteiger partial charge in [-0.15, -0.1) is 0 Å². The Morgan fingerprint density at radius 1 is 1.67 bits per heavy atom. The van der Waals surface area contributed by atoms with Crippen LogP contribution < -0.4 is 5.48 Å². The number of hydroxylamine groups is 1. The monoisotopic (exact) mass is 129 g/mol. The quantitative estimate of drug-likeness (QED) is 0.345. The highest BCUT2D eigenvalue weighted by atomic mass is 16.6. The lowest BCUT2D eigenvalue weighted by atomic mass is 10.4. The molecule has 0 aromatic heterocycles. The molecule has 0 aliphatic heterocycles. The standard InChI is InChI=1S/C7H15NO/c1-4-5-8-9-6-7(2)3/h8H,2,4-6H2,1,3H3. The summed E-state index contributed by atoms with van der Waals surface area (Å²) in [4.78, 5) is 4.99. The maximum atomic E-state index is 4.99. The topological polar surface area (TPSA) is 21.3 Å². The maximum absolute atomic E-state index is 4.99. The van der Waals surface area contributed by atoms with Gasteiger partial charge in [0.1, 0.15) is 0 Å². The lowest BCUT2D eigenvalue weighted by Crippen LogP contribution is -2.16. The van der Waals surface area contributed by atoms with E-state index in [1.54, 1.807) is 0 Å². The van der Waals surface area contributed by atoms with Crippen LogP contribution in [0.3, 0.4) is 0 Å². The molecule has 0 aromatic carbocycles. The second-order valence-electron chi connectivity index (χ2n) is 2.14. The van der Waals surface area contributed by atoms with E-state index in [9.17, 15) is 0 Å². The average molecular weight is 129 g/mol. The summed E-state index contributed by atoms with van der Waals surface area (Å²) in [6.45, 7) is 9.24. The van der Waals surface area contributed by atoms with Crippen molar-refractivity contribution in [3.05, 3.63) is 12.2 Å². The zero-order valence-corrected chi connectivity index (χ0v) is 6.24. The van der Waals surface area contributed by atoms with E-state index in [-0.39, 0.29) is 0 Å². The second-order valence-corrected chi connectivity index (χ2v) is 2.14. The van der Waals surface area contributed by atoms with Crippen molar-refractivity contribution >= 4 is 0 Å². The molecule has 9 heavy (non-hydrogen) atoms. The SMILES string of the molecule is C=C(C)CONCCC. The molecule has 2 heteroatoms. The van der Waals surface area contributed by atoms with E-state index in [4.69, 9.17) is 4.84 Å². The summed E-state index contributed by atoms with van der Waals surface area (Å²) < 4.78 is 0. The first-order valence-corrected chi connectivity index (χ1v) is 3.26. The summed E-state index contributed by atoms with van der Waals surface area (Å²) in [5.74, 6) is 0. The van der Waals surface area contributed by atoms with Crippen LogP contribution in [-0.2, 0) is 4.84 Å². The zero-order chi connectivity index (χ0) is 7.11. The molecule has 0 atom stereocenters. The van der Waals surface area contributed by atoms with Gasteiger partial charge in [-0.1, -0.05) is 19.1 Å². The number of rotatable bonds is 5. The predicted octanol–water partition coefficient (Wildman–Crippen LogP) is 1.49. The molecule has 0 spiro atoms. The molecule has 0 rings (SSSR count). The van der Waals surface area contributed by atoms with Crippen LogP contribution in [0.4, 0.5) is 0 Å². The molecular formula is C7H15NO. The van der Waals surface area contributed by atoms with Gasteiger partial charge in [0.2, 0.25) is 0 Å². The van der Waals surface area contributed by atoms with E-state index < -0.39 is 0 Å². The molecule has 1 N–H and O–H groups in total. The van der Waals surface area contributed by atoms with Crippen molar-refractivity contribution in [3.8, 4) is 0 Å². The molecule has 0 aliphatic rings. The number of nitrogens with one attached hydrogen (secondary N) is 1. The smallest absolute Gasteiger partial charge is 0.0887 e. The average Bonchev–Trinajstić information content (AvgIpc) is 1.80. The van der Waals surface area contributed by atoms with Crippen LogP contribution in [-0.4, -0.2) is 13.2 Å². The van der Waals surface area contributed by atoms with Crippen molar-refractivity contribution in [2.45, 2.75) is 20.3 Å². The minimum absolute atomic E-state index is 0.611. The molecule has 0 aliphatic carbocycles. The fourth-order valence-electron chi connectivity index (χ4n) is 0.348. The van der Waals surface area contributed by atoms with Gasteiger partial charge in [0.05, 0.1) is 6.61 Å². The van der Waals surface area contributed by atoms with Gasteiger partial charge in [0, 0.05) is 6.54 Å². The summed E-state index contributed by atoms with van der Waals surface area (Å²) in [6.07, 6.45) is 1.09. The Morgan fingerprint density at radius 3 is 2.78 bits per heavy atom. The zero-order valence-electron chi connectivity index (χ0n) is 6.24. The fourth-order valence-corrected chi connectivity index (χ4v) is 0.348. The van der Waals surface area contributed by atoms with Crippen molar-refractivity contribution in [1.82, 2.24) is 5.48 Å². The van der Waals surface area contributed by atoms with E-state index in [0.717, 1.165) is 18.5 Å². The third kappa shape index (κ3) is 7.66. The normalized spacial score (nSPS) is 9.56. The molecule has 0 heterocycles. The first kappa shape index (κ1) is 8.66. The Labute approximate surface area is 56.9 Å². The van der Waals surface area contributed by atoms with E-state index in [1.165, 1.54) is 0 Å². The second kappa shape index (κ2) is 5.79. The largest absolute Gasteiger partial charge is 0.297 e. The van der Waals surface area contributed by atoms with Crippen LogP contribution in [0.25, 0.3) is 0 Å². The summed E-state index contributed by atoms with van der Waals surface area (Å²) in [6, 6.07) is 0. The van der Waals surface area contributed by atoms with E-state index in [0.29, 0.717) is 6.61 Å². The Balaban J connectivity index is 2.83. The molecule has 0 aromatic rings. The van der Waals surface area contributed by atoms with E-state index in [1.807, 2.05) is 6.92 Å². The molecule has 0 amide bonds. The van der Waals surface area contributed by atoms with Gasteiger partial charge in [0.15, 0.2) is 0 Å². The molecule has 0 saturated carbocycles. The molecule has 54 valence electrons. The van der Waals surface area contributed by atoms with Gasteiger partial charge in [-0.25, -0.2) is 5.48 Å². The van der Waals surface area contributed by atoms with Crippen molar-refractivity contribution < 1.29 is 4.84 Å². The van der Waals surface area contributed by atoms with Crippen LogP contribution in [0.2, 0.25) is 0 Å². The first-order valence-electron chi connectivity index (χ1n) is 3.26. The third-order valence-corrected chi connectivity index (χ3v) is 0.773.